The molecule has 1 aliphatic carbocycles. The van der Waals surface area contributed by atoms with Crippen LogP contribution in [0.25, 0.3) is 0 Å². The van der Waals surface area contributed by atoms with Crippen LogP contribution in [0.5, 0.6) is 0 Å². The lowest BCUT2D eigenvalue weighted by molar-refractivity contribution is 0.590. The van der Waals surface area contributed by atoms with Gasteiger partial charge in [-0.1, -0.05) is 62.1 Å². The van der Waals surface area contributed by atoms with Crippen molar-refractivity contribution in [3.63, 3.8) is 0 Å². The van der Waals surface area contributed by atoms with E-state index < -0.39 is 0 Å². The first-order valence-corrected chi connectivity index (χ1v) is 8.29. The molecule has 0 radical (unpaired) electrons. The summed E-state index contributed by atoms with van der Waals surface area (Å²) in [6.45, 7) is 0. The van der Waals surface area contributed by atoms with Crippen molar-refractivity contribution in [1.82, 2.24) is 0 Å². The van der Waals surface area contributed by atoms with Gasteiger partial charge in [-0.05, 0) is 36.2 Å². The van der Waals surface area contributed by atoms with Gasteiger partial charge in [0.25, 0.3) is 0 Å². The van der Waals surface area contributed by atoms with Gasteiger partial charge in [0.2, 0.25) is 0 Å². The number of thioether (sulfide) groups is 1. The second-order valence-electron chi connectivity index (χ2n) is 5.10. The molecule has 0 nitrogen and oxygen atoms in total. The molecular weight excluding hydrogens is 236 g/mol. The highest BCUT2D eigenvalue weighted by Crippen LogP contribution is 2.28. The molecule has 1 aromatic rings. The molecule has 0 amide bonds. The van der Waals surface area contributed by atoms with E-state index in [2.05, 4.69) is 48.2 Å². The lowest BCUT2D eigenvalue weighted by atomic mass is 10.1. The number of hydrogen-bond acceptors (Lipinski definition) is 1. The highest BCUT2D eigenvalue weighted by Gasteiger charge is 2.02. The maximum Gasteiger partial charge on any atom is 0.0228 e. The molecule has 0 saturated heterocycles. The molecule has 0 spiro atoms. The van der Waals surface area contributed by atoms with E-state index in [4.69, 9.17) is 0 Å². The van der Waals surface area contributed by atoms with Gasteiger partial charge in [0.15, 0.2) is 0 Å². The molecule has 1 aliphatic rings. The molecule has 0 heterocycles. The van der Waals surface area contributed by atoms with E-state index in [1.165, 1.54) is 56.9 Å². The van der Waals surface area contributed by atoms with Gasteiger partial charge in [-0.25, -0.2) is 0 Å². The summed E-state index contributed by atoms with van der Waals surface area (Å²) in [4.78, 5) is 1.63. The normalized spacial score (nSPS) is 21.0. The topological polar surface area (TPSA) is 0 Å². The molecule has 0 aromatic heterocycles. The molecule has 0 aliphatic heterocycles. The minimum absolute atomic E-state index is 1.13. The summed E-state index contributed by atoms with van der Waals surface area (Å²) >= 11 is 2.05. The fraction of sp³-hybridized carbons (Fsp3) is 0.529. The van der Waals surface area contributed by atoms with Gasteiger partial charge in [0, 0.05) is 5.75 Å². The van der Waals surface area contributed by atoms with Gasteiger partial charge < -0.3 is 0 Å². The Morgan fingerprint density at radius 1 is 0.833 bits per heavy atom. The van der Waals surface area contributed by atoms with Crippen molar-refractivity contribution in [2.24, 2.45) is 0 Å². The van der Waals surface area contributed by atoms with E-state index in [1.807, 2.05) is 0 Å². The molecule has 0 fully saturated rings. The second-order valence-corrected chi connectivity index (χ2v) is 6.21. The van der Waals surface area contributed by atoms with E-state index in [1.54, 1.807) is 4.91 Å². The summed E-state index contributed by atoms with van der Waals surface area (Å²) in [5.74, 6) is 1.13. The molecule has 2 rings (SSSR count). The second kappa shape index (κ2) is 8.42. The fourth-order valence-electron chi connectivity index (χ4n) is 2.40. The highest BCUT2D eigenvalue weighted by molar-refractivity contribution is 8.02. The van der Waals surface area contributed by atoms with E-state index in [0.717, 1.165) is 5.75 Å². The molecule has 0 unspecified atom stereocenters. The van der Waals surface area contributed by atoms with Gasteiger partial charge in [0.05, 0.1) is 0 Å². The number of benzene rings is 1. The lowest BCUT2D eigenvalue weighted by Gasteiger charge is -2.10. The zero-order valence-corrected chi connectivity index (χ0v) is 12.1. The van der Waals surface area contributed by atoms with Crippen LogP contribution in [-0.4, -0.2) is 0 Å². The van der Waals surface area contributed by atoms with E-state index >= 15 is 0 Å². The molecule has 0 N–H and O–H groups in total. The average molecular weight is 260 g/mol. The van der Waals surface area contributed by atoms with Crippen molar-refractivity contribution in [3.05, 3.63) is 46.9 Å². The Hall–Kier alpha value is -0.690. The zero-order chi connectivity index (χ0) is 12.5. The third-order valence-electron chi connectivity index (χ3n) is 3.52. The largest absolute Gasteiger partial charge is 0.126 e. The highest BCUT2D eigenvalue weighted by atomic mass is 32.2. The van der Waals surface area contributed by atoms with Crippen molar-refractivity contribution in [2.45, 2.75) is 57.1 Å². The zero-order valence-electron chi connectivity index (χ0n) is 11.2. The smallest absolute Gasteiger partial charge is 0.0228 e. The lowest BCUT2D eigenvalue weighted by Crippen LogP contribution is -1.88. The fourth-order valence-corrected chi connectivity index (χ4v) is 3.47. The third kappa shape index (κ3) is 5.30. The summed E-state index contributed by atoms with van der Waals surface area (Å²) in [5.41, 5.74) is 1.44. The van der Waals surface area contributed by atoms with Crippen molar-refractivity contribution in [3.8, 4) is 0 Å². The Bertz CT molecular complexity index is 353. The third-order valence-corrected chi connectivity index (χ3v) is 4.74. The molecule has 1 aromatic carbocycles. The monoisotopic (exact) mass is 260 g/mol. The van der Waals surface area contributed by atoms with Crippen LogP contribution in [0.4, 0.5) is 0 Å². The van der Waals surface area contributed by atoms with Gasteiger partial charge >= 0.3 is 0 Å². The standard InChI is InChI=1S/C17H24S/c1-2-4-9-13-17(14-10-5-3-1)18-15-16-11-7-6-8-12-16/h6-8,11-13H,1-5,9-10,14-15H2/b17-13+. The Kier molecular flexibility index (Phi) is 6.42. The quantitative estimate of drug-likeness (QED) is 0.648. The summed E-state index contributed by atoms with van der Waals surface area (Å²) in [6.07, 6.45) is 13.6. The first-order valence-electron chi connectivity index (χ1n) is 7.31. The summed E-state index contributed by atoms with van der Waals surface area (Å²) in [7, 11) is 0. The Balaban J connectivity index is 1.83. The SMILES string of the molecule is C1=C(/SCc2ccccc2)CCCCCCCC/1. The minimum atomic E-state index is 1.13. The van der Waals surface area contributed by atoms with Crippen LogP contribution in [0.3, 0.4) is 0 Å². The van der Waals surface area contributed by atoms with Crippen LogP contribution in [0.2, 0.25) is 0 Å². The Morgan fingerprint density at radius 3 is 2.39 bits per heavy atom. The van der Waals surface area contributed by atoms with Crippen LogP contribution in [0.1, 0.15) is 56.9 Å². The van der Waals surface area contributed by atoms with Gasteiger partial charge in [-0.2, -0.15) is 0 Å². The van der Waals surface area contributed by atoms with Crippen molar-refractivity contribution in [2.75, 3.05) is 0 Å². The van der Waals surface area contributed by atoms with Crippen LogP contribution < -0.4 is 0 Å². The number of rotatable bonds is 3. The van der Waals surface area contributed by atoms with Gasteiger partial charge in [-0.15, -0.1) is 11.8 Å². The van der Waals surface area contributed by atoms with Gasteiger partial charge in [-0.3, -0.25) is 0 Å². The average Bonchev–Trinajstić information content (AvgIpc) is 2.44. The molecule has 0 saturated carbocycles. The maximum absolute atomic E-state index is 2.50. The van der Waals surface area contributed by atoms with Gasteiger partial charge in [0.1, 0.15) is 0 Å². The van der Waals surface area contributed by atoms with Crippen molar-refractivity contribution in [1.29, 1.82) is 0 Å². The molecule has 0 atom stereocenters. The predicted molar refractivity (Wildman–Crippen MR) is 82.8 cm³/mol. The Labute approximate surface area is 116 Å². The van der Waals surface area contributed by atoms with Crippen LogP contribution in [0.15, 0.2) is 41.3 Å². The molecule has 0 bridgehead atoms. The number of allylic oxidation sites excluding steroid dienone is 2. The summed E-state index contributed by atoms with van der Waals surface area (Å²) in [6, 6.07) is 10.8. The summed E-state index contributed by atoms with van der Waals surface area (Å²) < 4.78 is 0. The first kappa shape index (κ1) is 13.7. The minimum Gasteiger partial charge on any atom is -0.126 e. The van der Waals surface area contributed by atoms with Crippen LogP contribution in [-0.2, 0) is 5.75 Å². The van der Waals surface area contributed by atoms with Crippen LogP contribution >= 0.6 is 11.8 Å². The van der Waals surface area contributed by atoms with E-state index in [9.17, 15) is 0 Å². The van der Waals surface area contributed by atoms with Crippen molar-refractivity contribution < 1.29 is 0 Å². The Morgan fingerprint density at radius 2 is 1.56 bits per heavy atom. The predicted octanol–water partition coefficient (Wildman–Crippen LogP) is 5.94. The van der Waals surface area contributed by atoms with E-state index in [-0.39, 0.29) is 0 Å². The van der Waals surface area contributed by atoms with Crippen LogP contribution in [0, 0.1) is 0 Å². The first-order chi connectivity index (χ1) is 8.95. The molecule has 18 heavy (non-hydrogen) atoms. The summed E-state index contributed by atoms with van der Waals surface area (Å²) in [5, 5.41) is 0. The van der Waals surface area contributed by atoms with Crippen molar-refractivity contribution >= 4 is 11.8 Å². The van der Waals surface area contributed by atoms with E-state index in [0.29, 0.717) is 0 Å². The molecular formula is C17H24S. The maximum atomic E-state index is 2.50. The molecule has 1 heteroatoms. The molecule has 98 valence electrons. The number of hydrogen-bond donors (Lipinski definition) is 0.